The van der Waals surface area contributed by atoms with Gasteiger partial charge in [-0.1, -0.05) is 36.1 Å². The van der Waals surface area contributed by atoms with E-state index in [1.807, 2.05) is 42.6 Å². The van der Waals surface area contributed by atoms with Gasteiger partial charge in [-0.25, -0.2) is 0 Å². The molecule has 3 aromatic carbocycles. The van der Waals surface area contributed by atoms with Gasteiger partial charge in [-0.3, -0.25) is 9.48 Å². The highest BCUT2D eigenvalue weighted by atomic mass is 19.4. The van der Waals surface area contributed by atoms with Gasteiger partial charge in [0, 0.05) is 24.9 Å². The summed E-state index contributed by atoms with van der Waals surface area (Å²) in [4.78, 5) is 11.2. The van der Waals surface area contributed by atoms with E-state index in [9.17, 15) is 18.0 Å². The first-order valence-corrected chi connectivity index (χ1v) is 12.1. The van der Waals surface area contributed by atoms with Crippen molar-refractivity contribution < 1.29 is 27.4 Å². The second kappa shape index (κ2) is 12.2. The van der Waals surface area contributed by atoms with Crippen LogP contribution >= 0.6 is 0 Å². The topological polar surface area (TPSA) is 53.4 Å². The van der Waals surface area contributed by atoms with Crippen LogP contribution in [0.25, 0.3) is 5.57 Å². The lowest BCUT2D eigenvalue weighted by atomic mass is 9.96. The number of hydrogen-bond donors (Lipinski definition) is 0. The zero-order valence-electron chi connectivity index (χ0n) is 21.3. The molecule has 0 radical (unpaired) electrons. The third-order valence-electron chi connectivity index (χ3n) is 5.69. The maximum absolute atomic E-state index is 13.1. The molecule has 4 rings (SSSR count). The maximum atomic E-state index is 13.1. The molecule has 0 N–H and O–H groups in total. The fraction of sp³-hybridized carbons (Fsp3) is 0.161. The van der Waals surface area contributed by atoms with E-state index < -0.39 is 17.7 Å². The average molecular weight is 531 g/mol. The Morgan fingerprint density at radius 1 is 1.03 bits per heavy atom. The number of carbonyl (C=O) groups is 1. The van der Waals surface area contributed by atoms with Crippen molar-refractivity contribution in [1.82, 2.24) is 9.78 Å². The van der Waals surface area contributed by atoms with Gasteiger partial charge in [-0.15, -0.1) is 0 Å². The van der Waals surface area contributed by atoms with Crippen molar-refractivity contribution in [2.75, 3.05) is 6.61 Å². The first-order valence-electron chi connectivity index (χ1n) is 12.1. The van der Waals surface area contributed by atoms with Gasteiger partial charge in [0.25, 0.3) is 0 Å². The molecule has 0 saturated heterocycles. The summed E-state index contributed by atoms with van der Waals surface area (Å²) in [5, 5.41) is 4.12. The van der Waals surface area contributed by atoms with Crippen molar-refractivity contribution in [2.24, 2.45) is 0 Å². The Hall–Kier alpha value is -4.77. The number of hydrogen-bond acceptors (Lipinski definition) is 4. The number of carbonyl (C=O) groups excluding carboxylic acids is 1. The molecule has 0 atom stereocenters. The predicted octanol–water partition coefficient (Wildman–Crippen LogP) is 6.70. The summed E-state index contributed by atoms with van der Waals surface area (Å²) in [6, 6.07) is 19.4. The summed E-state index contributed by atoms with van der Waals surface area (Å²) in [7, 11) is 0. The van der Waals surface area contributed by atoms with Crippen LogP contribution in [0.4, 0.5) is 13.2 Å². The molecule has 0 aliphatic heterocycles. The maximum Gasteiger partial charge on any atom is 0.416 e. The number of esters is 1. The molecule has 0 amide bonds. The van der Waals surface area contributed by atoms with Gasteiger partial charge in [0.05, 0.1) is 5.56 Å². The number of aryl methyl sites for hydroxylation is 1. The summed E-state index contributed by atoms with van der Waals surface area (Å²) in [6.45, 7) is 3.75. The van der Waals surface area contributed by atoms with Crippen molar-refractivity contribution in [3.63, 3.8) is 0 Å². The van der Waals surface area contributed by atoms with E-state index in [1.54, 1.807) is 36.0 Å². The van der Waals surface area contributed by atoms with Gasteiger partial charge in [0.1, 0.15) is 24.7 Å². The normalized spacial score (nSPS) is 11.5. The van der Waals surface area contributed by atoms with Gasteiger partial charge in [-0.05, 0) is 83.8 Å². The smallest absolute Gasteiger partial charge is 0.416 e. The van der Waals surface area contributed by atoms with E-state index in [2.05, 4.69) is 16.9 Å². The number of rotatable bonds is 7. The number of aromatic nitrogens is 2. The van der Waals surface area contributed by atoms with Gasteiger partial charge >= 0.3 is 12.1 Å². The van der Waals surface area contributed by atoms with Crippen LogP contribution in [0.1, 0.15) is 34.7 Å². The molecule has 198 valence electrons. The Balaban J connectivity index is 1.56. The molecule has 0 aliphatic carbocycles. The van der Waals surface area contributed by atoms with Crippen molar-refractivity contribution in [3.05, 3.63) is 119 Å². The second-order valence-corrected chi connectivity index (χ2v) is 8.61. The van der Waals surface area contributed by atoms with Crippen LogP contribution in [0.3, 0.4) is 0 Å². The minimum absolute atomic E-state index is 0.161. The number of alkyl halides is 3. The number of benzene rings is 3. The second-order valence-electron chi connectivity index (χ2n) is 8.61. The van der Waals surface area contributed by atoms with Crippen LogP contribution in [0.5, 0.6) is 11.5 Å². The quantitative estimate of drug-likeness (QED) is 0.152. The Kier molecular flexibility index (Phi) is 8.52. The Labute approximate surface area is 224 Å². The fourth-order valence-corrected chi connectivity index (χ4v) is 3.79. The highest BCUT2D eigenvalue weighted by molar-refractivity contribution is 5.80. The number of nitrogens with zero attached hydrogens (tertiary/aromatic N) is 2. The lowest BCUT2D eigenvalue weighted by Crippen LogP contribution is -2.05. The molecule has 0 bridgehead atoms. The monoisotopic (exact) mass is 530 g/mol. The van der Waals surface area contributed by atoms with Crippen LogP contribution in [0, 0.1) is 18.8 Å². The molecule has 0 spiro atoms. The molecule has 39 heavy (non-hydrogen) atoms. The van der Waals surface area contributed by atoms with Crippen molar-refractivity contribution >= 4 is 11.5 Å². The summed E-state index contributed by atoms with van der Waals surface area (Å²) < 4.78 is 52.1. The minimum atomic E-state index is -4.42. The van der Waals surface area contributed by atoms with Gasteiger partial charge in [0.2, 0.25) is 0 Å². The molecule has 0 fully saturated rings. The van der Waals surface area contributed by atoms with Crippen LogP contribution in [0.2, 0.25) is 0 Å². The lowest BCUT2D eigenvalue weighted by Gasteiger charge is -2.13. The van der Waals surface area contributed by atoms with E-state index >= 15 is 0 Å². The van der Waals surface area contributed by atoms with Crippen molar-refractivity contribution in [2.45, 2.75) is 26.6 Å². The standard InChI is InChI=1S/C31H25F3N2O3/c1-22-21-28(14-15-30(22)39-23(2)37)38-20-16-29(26-10-12-27(13-11-26)31(32,33)34)25-8-6-24(7-9-25)5-3-18-36-19-4-17-35-36/h4,6-17,19,21H,18,20H2,1-2H3/b29-16+. The van der Waals surface area contributed by atoms with E-state index in [1.165, 1.54) is 19.1 Å². The summed E-state index contributed by atoms with van der Waals surface area (Å²) in [5.74, 6) is 6.75. The Morgan fingerprint density at radius 2 is 1.72 bits per heavy atom. The molecule has 5 nitrogen and oxygen atoms in total. The minimum Gasteiger partial charge on any atom is -0.489 e. The zero-order chi connectivity index (χ0) is 27.8. The predicted molar refractivity (Wildman–Crippen MR) is 142 cm³/mol. The molecule has 0 unspecified atom stereocenters. The van der Waals surface area contributed by atoms with Crippen LogP contribution in [-0.4, -0.2) is 22.4 Å². The van der Waals surface area contributed by atoms with Crippen molar-refractivity contribution in [3.8, 4) is 23.3 Å². The van der Waals surface area contributed by atoms with Gasteiger partial charge in [-0.2, -0.15) is 18.3 Å². The zero-order valence-corrected chi connectivity index (χ0v) is 21.3. The molecular formula is C31H25F3N2O3. The summed E-state index contributed by atoms with van der Waals surface area (Å²) in [6.07, 6.45) is 0.916. The van der Waals surface area contributed by atoms with Gasteiger partial charge in [0.15, 0.2) is 0 Å². The first kappa shape index (κ1) is 27.3. The van der Waals surface area contributed by atoms with E-state index in [0.717, 1.165) is 28.8 Å². The number of halogens is 3. The summed E-state index contributed by atoms with van der Waals surface area (Å²) >= 11 is 0. The average Bonchev–Trinajstić information content (AvgIpc) is 3.42. The van der Waals surface area contributed by atoms with E-state index in [4.69, 9.17) is 9.47 Å². The SMILES string of the molecule is CC(=O)Oc1ccc(OC/C=C(\c2ccc(C#CCn3cccn3)cc2)c2ccc(C(F)(F)F)cc2)cc1C. The Bertz CT molecular complexity index is 1510. The van der Waals surface area contributed by atoms with Gasteiger partial charge < -0.3 is 9.47 Å². The van der Waals surface area contributed by atoms with Crippen LogP contribution in [-0.2, 0) is 17.5 Å². The highest BCUT2D eigenvalue weighted by Crippen LogP contribution is 2.32. The molecule has 8 heteroatoms. The third-order valence-corrected chi connectivity index (χ3v) is 5.69. The fourth-order valence-electron chi connectivity index (χ4n) is 3.79. The molecule has 0 saturated carbocycles. The molecule has 1 aromatic heterocycles. The lowest BCUT2D eigenvalue weighted by molar-refractivity contribution is -0.137. The third kappa shape index (κ3) is 7.62. The van der Waals surface area contributed by atoms with E-state index in [-0.39, 0.29) is 6.61 Å². The molecule has 0 aliphatic rings. The highest BCUT2D eigenvalue weighted by Gasteiger charge is 2.30. The number of ether oxygens (including phenoxy) is 2. The first-order chi connectivity index (χ1) is 18.7. The molecule has 4 aromatic rings. The molecular weight excluding hydrogens is 505 g/mol. The Morgan fingerprint density at radius 3 is 2.31 bits per heavy atom. The summed E-state index contributed by atoms with van der Waals surface area (Å²) in [5.41, 5.74) is 2.96. The van der Waals surface area contributed by atoms with E-state index in [0.29, 0.717) is 29.2 Å². The van der Waals surface area contributed by atoms with Crippen LogP contribution < -0.4 is 9.47 Å². The van der Waals surface area contributed by atoms with Crippen LogP contribution in [0.15, 0.2) is 91.3 Å². The molecule has 1 heterocycles. The van der Waals surface area contributed by atoms with Crippen molar-refractivity contribution in [1.29, 1.82) is 0 Å². The largest absolute Gasteiger partial charge is 0.489 e.